The van der Waals surface area contributed by atoms with E-state index in [1.165, 1.54) is 0 Å². The SMILES string of the molecule is O=P([O-])([O-])[O-].[Ca+2].[Sr+2].[Zr+4]. The molecule has 0 aromatic rings. The zero-order valence-corrected chi connectivity index (χ0v) is 13.0. The smallest absolute Gasteiger partial charge is 0.822 e. The Morgan fingerprint density at radius 2 is 1.12 bits per heavy atom. The largest absolute Gasteiger partial charge is 4.00 e. The van der Waals surface area contributed by atoms with Crippen LogP contribution in [0.25, 0.3) is 0 Å². The van der Waals surface area contributed by atoms with Gasteiger partial charge >= 0.3 is 109 Å². The topological polar surface area (TPSA) is 86.2 Å². The second-order valence-electron chi connectivity index (χ2n) is 0.447. The molecule has 0 saturated heterocycles. The van der Waals surface area contributed by atoms with Gasteiger partial charge in [-0.05, 0) is 0 Å². The fourth-order valence-corrected chi connectivity index (χ4v) is 0. The molecule has 0 saturated carbocycles. The third-order valence-corrected chi connectivity index (χ3v) is 0. The Balaban J connectivity index is -0.0000000267. The van der Waals surface area contributed by atoms with Gasteiger partial charge in [0.05, 0.1) is 0 Å². The molecule has 0 unspecified atom stereocenters. The molecular weight excluding hydrogens is 314 g/mol. The van der Waals surface area contributed by atoms with Crippen molar-refractivity contribution in [2.24, 2.45) is 0 Å². The molecule has 0 fully saturated rings. The van der Waals surface area contributed by atoms with Gasteiger partial charge in [-0.3, -0.25) is 0 Å². The Morgan fingerprint density at radius 3 is 1.12 bits per heavy atom. The van der Waals surface area contributed by atoms with Crippen LogP contribution >= 0.6 is 7.82 Å². The molecule has 0 spiro atoms. The van der Waals surface area contributed by atoms with Gasteiger partial charge in [-0.15, -0.1) is 0 Å². The molecule has 0 bridgehead atoms. The maximum Gasteiger partial charge on any atom is 4.00 e. The molecule has 8 heavy (non-hydrogen) atoms. The van der Waals surface area contributed by atoms with E-state index >= 15 is 0 Å². The number of phosphoric acid groups is 1. The number of hydrogen-bond acceptors (Lipinski definition) is 4. The maximum atomic E-state index is 8.55. The van der Waals surface area contributed by atoms with Crippen LogP contribution in [-0.2, 0) is 30.8 Å². The van der Waals surface area contributed by atoms with Crippen LogP contribution in [0.1, 0.15) is 0 Å². The van der Waals surface area contributed by atoms with Gasteiger partial charge in [0.15, 0.2) is 0 Å². The molecule has 0 amide bonds. The van der Waals surface area contributed by atoms with Crippen LogP contribution < -0.4 is 14.7 Å². The minimum Gasteiger partial charge on any atom is -0.822 e. The van der Waals surface area contributed by atoms with Crippen molar-refractivity contribution >= 4 is 91.0 Å². The van der Waals surface area contributed by atoms with Gasteiger partial charge in [0.1, 0.15) is 0 Å². The molecule has 0 rings (SSSR count). The van der Waals surface area contributed by atoms with Crippen molar-refractivity contribution in [1.82, 2.24) is 0 Å². The molecule has 0 aromatic heterocycles. The van der Waals surface area contributed by atoms with Gasteiger partial charge in [-0.1, -0.05) is 0 Å². The van der Waals surface area contributed by atoms with Crippen LogP contribution in [0.5, 0.6) is 0 Å². The van der Waals surface area contributed by atoms with Crippen LogP contribution in [0, 0.1) is 0 Å². The molecule has 0 aliphatic heterocycles. The number of hydrogen-bond donors (Lipinski definition) is 0. The summed E-state index contributed by atoms with van der Waals surface area (Å²) < 4.78 is 8.55. The summed E-state index contributed by atoms with van der Waals surface area (Å²) in [6.07, 6.45) is 0. The summed E-state index contributed by atoms with van der Waals surface area (Å²) >= 11 is 0. The molecular formula is CaO4PSrZr+5. The molecule has 0 aliphatic rings. The van der Waals surface area contributed by atoms with Crippen molar-refractivity contribution in [3.63, 3.8) is 0 Å². The summed E-state index contributed by atoms with van der Waals surface area (Å²) in [5.74, 6) is 0. The van der Waals surface area contributed by atoms with E-state index in [0.29, 0.717) is 0 Å². The fourth-order valence-electron chi connectivity index (χ4n) is 0. The van der Waals surface area contributed by atoms with Gasteiger partial charge < -0.3 is 19.2 Å². The van der Waals surface area contributed by atoms with Gasteiger partial charge in [-0.25, -0.2) is 0 Å². The summed E-state index contributed by atoms with van der Waals surface area (Å²) in [5.41, 5.74) is 0. The van der Waals surface area contributed by atoms with Gasteiger partial charge in [0.25, 0.3) is 0 Å². The van der Waals surface area contributed by atoms with Crippen LogP contribution in [0.15, 0.2) is 0 Å². The van der Waals surface area contributed by atoms with E-state index in [1.807, 2.05) is 0 Å². The zero-order chi connectivity index (χ0) is 4.50. The average molecular weight is 314 g/mol. The molecule has 0 atom stereocenters. The zero-order valence-electron chi connectivity index (χ0n) is 3.99. The molecule has 4 nitrogen and oxygen atoms in total. The predicted octanol–water partition coefficient (Wildman–Crippen LogP) is -3.59. The summed E-state index contributed by atoms with van der Waals surface area (Å²) in [5, 5.41) is 0. The van der Waals surface area contributed by atoms with E-state index in [1.54, 1.807) is 0 Å². The third-order valence-electron chi connectivity index (χ3n) is 0. The van der Waals surface area contributed by atoms with Crippen molar-refractivity contribution in [3.8, 4) is 0 Å². The second kappa shape index (κ2) is 10.7. The monoisotopic (exact) mass is 313 g/mol. The third kappa shape index (κ3) is 53.3. The van der Waals surface area contributed by atoms with Gasteiger partial charge in [0.2, 0.25) is 0 Å². The summed E-state index contributed by atoms with van der Waals surface area (Å²) in [7, 11) is -5.39. The Bertz CT molecular complexity index is 62.2. The molecule has 8 heteroatoms. The van der Waals surface area contributed by atoms with Crippen molar-refractivity contribution in [2.75, 3.05) is 0 Å². The minimum atomic E-state index is -5.39. The first-order valence-corrected chi connectivity index (χ1v) is 2.19. The van der Waals surface area contributed by atoms with Crippen LogP contribution in [0.3, 0.4) is 0 Å². The predicted molar refractivity (Wildman–Crippen MR) is 19.1 cm³/mol. The normalized spacial score (nSPS) is 7.38. The van der Waals surface area contributed by atoms with Crippen LogP contribution in [0.2, 0.25) is 0 Å². The molecule has 0 aliphatic carbocycles. The molecule has 0 radical (unpaired) electrons. The van der Waals surface area contributed by atoms with Crippen molar-refractivity contribution in [1.29, 1.82) is 0 Å². The van der Waals surface area contributed by atoms with Gasteiger partial charge in [0, 0.05) is 0 Å². The van der Waals surface area contributed by atoms with Crippen LogP contribution in [-0.4, -0.2) is 83.2 Å². The van der Waals surface area contributed by atoms with Crippen LogP contribution in [0.4, 0.5) is 0 Å². The summed E-state index contributed by atoms with van der Waals surface area (Å²) in [6.45, 7) is 0. The van der Waals surface area contributed by atoms with Crippen molar-refractivity contribution < 1.29 is 45.4 Å². The maximum absolute atomic E-state index is 8.55. The molecule has 0 heterocycles. The molecule has 0 aromatic carbocycles. The quantitative estimate of drug-likeness (QED) is 0.342. The molecule has 32 valence electrons. The second-order valence-corrected chi connectivity index (χ2v) is 1.34. The Kier molecular flexibility index (Phi) is 30.3. The van der Waals surface area contributed by atoms with E-state index in [2.05, 4.69) is 0 Å². The number of rotatable bonds is 0. The van der Waals surface area contributed by atoms with Crippen molar-refractivity contribution in [3.05, 3.63) is 0 Å². The minimum absolute atomic E-state index is 0. The van der Waals surface area contributed by atoms with Gasteiger partial charge in [-0.2, -0.15) is 7.82 Å². The Labute approximate surface area is 133 Å². The fraction of sp³-hybridized carbons (Fsp3) is 0. The first-order valence-electron chi connectivity index (χ1n) is 0.730. The first-order chi connectivity index (χ1) is 2.00. The van der Waals surface area contributed by atoms with Crippen molar-refractivity contribution in [2.45, 2.75) is 0 Å². The summed E-state index contributed by atoms with van der Waals surface area (Å²) in [6, 6.07) is 0. The van der Waals surface area contributed by atoms with E-state index < -0.39 is 7.82 Å². The average Bonchev–Trinajstić information content (AvgIpc) is 0.722. The van der Waals surface area contributed by atoms with E-state index in [9.17, 15) is 0 Å². The van der Waals surface area contributed by atoms with E-state index in [4.69, 9.17) is 19.2 Å². The first kappa shape index (κ1) is 22.6. The Hall–Kier alpha value is 3.73. The standard InChI is InChI=1S/Ca.H3O4P.Sr.Zr/c;1-5(2,3)4;;/h;(H3,1,2,3,4);;/q+2;;+2;+4/p-3. The Morgan fingerprint density at radius 1 is 1.12 bits per heavy atom. The molecule has 0 N–H and O–H groups in total. The summed E-state index contributed by atoms with van der Waals surface area (Å²) in [4.78, 5) is 25.6. The van der Waals surface area contributed by atoms with E-state index in [-0.39, 0.29) is 109 Å². The van der Waals surface area contributed by atoms with E-state index in [0.717, 1.165) is 0 Å².